The summed E-state index contributed by atoms with van der Waals surface area (Å²) in [6.45, 7) is 2.06. The smallest absolute Gasteiger partial charge is 0.116 e. The zero-order valence-corrected chi connectivity index (χ0v) is 12.6. The third kappa shape index (κ3) is 2.34. The Labute approximate surface area is 126 Å². The van der Waals surface area contributed by atoms with E-state index in [1.165, 1.54) is 5.56 Å². The van der Waals surface area contributed by atoms with E-state index >= 15 is 0 Å². The molecule has 0 fully saturated rings. The molecule has 0 aliphatic carbocycles. The Morgan fingerprint density at radius 1 is 1.05 bits per heavy atom. The molecule has 3 nitrogen and oxygen atoms in total. The van der Waals surface area contributed by atoms with Crippen LogP contribution in [0.15, 0.2) is 59.2 Å². The molecule has 0 atom stereocenters. The maximum atomic E-state index is 6.12. The summed E-state index contributed by atoms with van der Waals surface area (Å²) in [5.74, 6) is 0. The van der Waals surface area contributed by atoms with Crippen LogP contribution in [-0.4, -0.2) is 9.78 Å². The molecule has 0 saturated carbocycles. The topological polar surface area (TPSA) is 43.8 Å². The van der Waals surface area contributed by atoms with Crippen LogP contribution >= 0.6 is 15.9 Å². The molecule has 0 unspecified atom stereocenters. The number of nitrogens with two attached hydrogens (primary N) is 1. The van der Waals surface area contributed by atoms with Gasteiger partial charge in [0.2, 0.25) is 0 Å². The lowest BCUT2D eigenvalue weighted by Gasteiger charge is -2.03. The van der Waals surface area contributed by atoms with Gasteiger partial charge in [-0.1, -0.05) is 40.2 Å². The number of nitrogen functional groups attached to an aromatic ring is 1. The van der Waals surface area contributed by atoms with Gasteiger partial charge in [0.1, 0.15) is 5.69 Å². The lowest BCUT2D eigenvalue weighted by molar-refractivity contribution is 0.884. The van der Waals surface area contributed by atoms with Gasteiger partial charge in [0.15, 0.2) is 0 Å². The van der Waals surface area contributed by atoms with Crippen LogP contribution in [0.5, 0.6) is 0 Å². The Kier molecular flexibility index (Phi) is 3.32. The molecular weight excluding hydrogens is 314 g/mol. The van der Waals surface area contributed by atoms with Gasteiger partial charge in [-0.05, 0) is 36.8 Å². The molecule has 4 heteroatoms. The monoisotopic (exact) mass is 327 g/mol. The lowest BCUT2D eigenvalue weighted by Crippen LogP contribution is -1.94. The number of aryl methyl sites for hydroxylation is 1. The van der Waals surface area contributed by atoms with E-state index in [4.69, 9.17) is 5.73 Å². The Morgan fingerprint density at radius 2 is 1.75 bits per heavy atom. The second kappa shape index (κ2) is 5.13. The van der Waals surface area contributed by atoms with Crippen molar-refractivity contribution >= 4 is 21.6 Å². The standard InChI is InChI=1S/C16H14BrN3/c1-11-4-2-3-5-14(11)16-15(18)10-20(19-16)13-8-6-12(17)7-9-13/h2-10H,18H2,1H3. The van der Waals surface area contributed by atoms with Gasteiger partial charge in [0.05, 0.1) is 17.6 Å². The van der Waals surface area contributed by atoms with E-state index in [1.807, 2.05) is 53.3 Å². The normalized spacial score (nSPS) is 10.7. The molecular formula is C16H14BrN3. The molecule has 3 rings (SSSR count). The minimum atomic E-state index is 0.683. The highest BCUT2D eigenvalue weighted by atomic mass is 79.9. The van der Waals surface area contributed by atoms with E-state index in [0.29, 0.717) is 5.69 Å². The average molecular weight is 328 g/mol. The van der Waals surface area contributed by atoms with Gasteiger partial charge in [0.25, 0.3) is 0 Å². The van der Waals surface area contributed by atoms with Crippen molar-refractivity contribution in [1.82, 2.24) is 9.78 Å². The van der Waals surface area contributed by atoms with E-state index in [9.17, 15) is 0 Å². The predicted octanol–water partition coefficient (Wildman–Crippen LogP) is 4.19. The Hall–Kier alpha value is -2.07. The highest BCUT2D eigenvalue weighted by Crippen LogP contribution is 2.28. The number of hydrogen-bond donors (Lipinski definition) is 1. The minimum absolute atomic E-state index is 0.683. The molecule has 1 aromatic heterocycles. The molecule has 0 bridgehead atoms. The van der Waals surface area contributed by atoms with Crippen LogP contribution in [-0.2, 0) is 0 Å². The van der Waals surface area contributed by atoms with Gasteiger partial charge in [-0.15, -0.1) is 0 Å². The quantitative estimate of drug-likeness (QED) is 0.766. The van der Waals surface area contributed by atoms with Crippen molar-refractivity contribution in [3.05, 3.63) is 64.8 Å². The molecule has 2 N–H and O–H groups in total. The van der Waals surface area contributed by atoms with Crippen LogP contribution in [0.4, 0.5) is 5.69 Å². The van der Waals surface area contributed by atoms with Crippen molar-refractivity contribution in [1.29, 1.82) is 0 Å². The molecule has 0 aliphatic heterocycles. The fourth-order valence-corrected chi connectivity index (χ4v) is 2.43. The summed E-state index contributed by atoms with van der Waals surface area (Å²) in [7, 11) is 0. The van der Waals surface area contributed by atoms with Crippen LogP contribution in [0.1, 0.15) is 5.56 Å². The van der Waals surface area contributed by atoms with Gasteiger partial charge in [-0.3, -0.25) is 0 Å². The van der Waals surface area contributed by atoms with E-state index in [2.05, 4.69) is 34.0 Å². The summed E-state index contributed by atoms with van der Waals surface area (Å²) in [6, 6.07) is 16.1. The van der Waals surface area contributed by atoms with Gasteiger partial charge in [0, 0.05) is 10.0 Å². The highest BCUT2D eigenvalue weighted by molar-refractivity contribution is 9.10. The average Bonchev–Trinajstić information content (AvgIpc) is 2.82. The number of aromatic nitrogens is 2. The van der Waals surface area contributed by atoms with Crippen LogP contribution in [0.3, 0.4) is 0 Å². The zero-order chi connectivity index (χ0) is 14.1. The number of rotatable bonds is 2. The molecule has 3 aromatic rings. The second-order valence-electron chi connectivity index (χ2n) is 4.67. The van der Waals surface area contributed by atoms with Crippen LogP contribution in [0.2, 0.25) is 0 Å². The van der Waals surface area contributed by atoms with Crippen molar-refractivity contribution < 1.29 is 0 Å². The number of anilines is 1. The molecule has 2 aromatic carbocycles. The summed E-state index contributed by atoms with van der Waals surface area (Å²) in [4.78, 5) is 0. The Morgan fingerprint density at radius 3 is 2.45 bits per heavy atom. The van der Waals surface area contributed by atoms with Crippen LogP contribution in [0, 0.1) is 6.92 Å². The van der Waals surface area contributed by atoms with E-state index < -0.39 is 0 Å². The van der Waals surface area contributed by atoms with Crippen LogP contribution < -0.4 is 5.73 Å². The molecule has 1 heterocycles. The molecule has 20 heavy (non-hydrogen) atoms. The largest absolute Gasteiger partial charge is 0.396 e. The first-order valence-electron chi connectivity index (χ1n) is 6.32. The van der Waals surface area contributed by atoms with E-state index in [1.54, 1.807) is 0 Å². The van der Waals surface area contributed by atoms with Crippen molar-refractivity contribution in [2.24, 2.45) is 0 Å². The maximum absolute atomic E-state index is 6.12. The number of halogens is 1. The van der Waals surface area contributed by atoms with Crippen molar-refractivity contribution in [2.45, 2.75) is 6.92 Å². The number of hydrogen-bond acceptors (Lipinski definition) is 2. The van der Waals surface area contributed by atoms with E-state index in [0.717, 1.165) is 21.4 Å². The Bertz CT molecular complexity index is 745. The molecule has 0 radical (unpaired) electrons. The Balaban J connectivity index is 2.08. The predicted molar refractivity (Wildman–Crippen MR) is 85.8 cm³/mol. The molecule has 0 amide bonds. The molecule has 100 valence electrons. The summed E-state index contributed by atoms with van der Waals surface area (Å²) in [5, 5.41) is 4.62. The van der Waals surface area contributed by atoms with Gasteiger partial charge >= 0.3 is 0 Å². The summed E-state index contributed by atoms with van der Waals surface area (Å²) in [6.07, 6.45) is 1.85. The van der Waals surface area contributed by atoms with Crippen molar-refractivity contribution in [2.75, 3.05) is 5.73 Å². The first-order chi connectivity index (χ1) is 9.65. The molecule has 0 aliphatic rings. The SMILES string of the molecule is Cc1ccccc1-c1nn(-c2ccc(Br)cc2)cc1N. The van der Waals surface area contributed by atoms with Gasteiger partial charge < -0.3 is 5.73 Å². The van der Waals surface area contributed by atoms with E-state index in [-0.39, 0.29) is 0 Å². The lowest BCUT2D eigenvalue weighted by atomic mass is 10.1. The minimum Gasteiger partial charge on any atom is -0.396 e. The number of benzene rings is 2. The first kappa shape index (κ1) is 12.9. The van der Waals surface area contributed by atoms with Crippen molar-refractivity contribution in [3.8, 4) is 16.9 Å². The third-order valence-electron chi connectivity index (χ3n) is 3.23. The zero-order valence-electron chi connectivity index (χ0n) is 11.0. The summed E-state index contributed by atoms with van der Waals surface area (Å²) < 4.78 is 2.85. The number of nitrogens with zero attached hydrogens (tertiary/aromatic N) is 2. The summed E-state index contributed by atoms with van der Waals surface area (Å²) >= 11 is 3.43. The third-order valence-corrected chi connectivity index (χ3v) is 3.76. The maximum Gasteiger partial charge on any atom is 0.116 e. The first-order valence-corrected chi connectivity index (χ1v) is 7.11. The van der Waals surface area contributed by atoms with Crippen LogP contribution in [0.25, 0.3) is 16.9 Å². The fraction of sp³-hybridized carbons (Fsp3) is 0.0625. The molecule has 0 spiro atoms. The second-order valence-corrected chi connectivity index (χ2v) is 5.58. The van der Waals surface area contributed by atoms with Gasteiger partial charge in [-0.2, -0.15) is 5.10 Å². The summed E-state index contributed by atoms with van der Waals surface area (Å²) in [5.41, 5.74) is 10.8. The van der Waals surface area contributed by atoms with Crippen molar-refractivity contribution in [3.63, 3.8) is 0 Å². The fourth-order valence-electron chi connectivity index (χ4n) is 2.16. The van der Waals surface area contributed by atoms with Gasteiger partial charge in [-0.25, -0.2) is 4.68 Å². The highest BCUT2D eigenvalue weighted by Gasteiger charge is 2.11. The molecule has 0 saturated heterocycles.